The van der Waals surface area contributed by atoms with E-state index >= 15 is 0 Å². The zero-order valence-electron chi connectivity index (χ0n) is 12.8. The maximum absolute atomic E-state index is 12.8. The Kier molecular flexibility index (Phi) is 4.32. The fourth-order valence-electron chi connectivity index (χ4n) is 2.56. The smallest absolute Gasteiger partial charge is 0.268 e. The van der Waals surface area contributed by atoms with Crippen molar-refractivity contribution in [2.24, 2.45) is 0 Å². The summed E-state index contributed by atoms with van der Waals surface area (Å²) in [5.74, 6) is -1.26. The predicted molar refractivity (Wildman–Crippen MR) is 94.6 cm³/mol. The average Bonchev–Trinajstić information content (AvgIpc) is 2.80. The van der Waals surface area contributed by atoms with Gasteiger partial charge in [-0.1, -0.05) is 29.3 Å². The Morgan fingerprint density at radius 1 is 1.00 bits per heavy atom. The average molecular weight is 377 g/mol. The molecule has 1 aliphatic heterocycles. The molecule has 3 rings (SSSR count). The quantitative estimate of drug-likeness (QED) is 0.459. The lowest BCUT2D eigenvalue weighted by Crippen LogP contribution is -2.31. The van der Waals surface area contributed by atoms with Crippen LogP contribution in [0.1, 0.15) is 11.1 Å². The first-order valence-corrected chi connectivity index (χ1v) is 7.87. The molecule has 2 amide bonds. The van der Waals surface area contributed by atoms with E-state index in [4.69, 9.17) is 23.2 Å². The van der Waals surface area contributed by atoms with Crippen molar-refractivity contribution < 1.29 is 14.5 Å². The first-order valence-electron chi connectivity index (χ1n) is 7.11. The number of amides is 2. The van der Waals surface area contributed by atoms with Crippen molar-refractivity contribution >= 4 is 52.0 Å². The molecule has 1 aliphatic rings. The highest BCUT2D eigenvalue weighted by molar-refractivity contribution is 6.60. The largest absolute Gasteiger partial charge is 0.277 e. The van der Waals surface area contributed by atoms with Crippen molar-refractivity contribution in [2.75, 3.05) is 4.90 Å². The molecule has 0 saturated heterocycles. The first kappa shape index (κ1) is 17.1. The number of carbonyl (C=O) groups is 2. The van der Waals surface area contributed by atoms with Crippen LogP contribution in [0, 0.1) is 17.0 Å². The molecule has 126 valence electrons. The Hall–Kier alpha value is -2.70. The van der Waals surface area contributed by atoms with Gasteiger partial charge in [0, 0.05) is 17.2 Å². The minimum atomic E-state index is -0.662. The van der Waals surface area contributed by atoms with Crippen LogP contribution >= 0.6 is 23.2 Å². The zero-order chi connectivity index (χ0) is 18.3. The predicted octanol–water partition coefficient (Wildman–Crippen LogP) is 4.08. The van der Waals surface area contributed by atoms with Crippen molar-refractivity contribution in [3.8, 4) is 0 Å². The van der Waals surface area contributed by atoms with Gasteiger partial charge in [0.15, 0.2) is 0 Å². The SMILES string of the molecule is Cc1c(Cl)cccc1N1C(=O)C(Cl)=C(c2ccc([N+](=O)[O-])cc2)C1=O. The highest BCUT2D eigenvalue weighted by Crippen LogP contribution is 2.37. The van der Waals surface area contributed by atoms with Gasteiger partial charge in [-0.15, -0.1) is 0 Å². The third-order valence-electron chi connectivity index (χ3n) is 3.87. The van der Waals surface area contributed by atoms with Gasteiger partial charge in [-0.2, -0.15) is 0 Å². The van der Waals surface area contributed by atoms with Crippen LogP contribution in [-0.2, 0) is 9.59 Å². The molecule has 0 atom stereocenters. The van der Waals surface area contributed by atoms with Gasteiger partial charge in [0.2, 0.25) is 0 Å². The molecule has 25 heavy (non-hydrogen) atoms. The number of nitro groups is 1. The van der Waals surface area contributed by atoms with Crippen LogP contribution in [0.3, 0.4) is 0 Å². The number of rotatable bonds is 3. The molecule has 0 N–H and O–H groups in total. The molecule has 0 saturated carbocycles. The van der Waals surface area contributed by atoms with Gasteiger partial charge in [-0.3, -0.25) is 19.7 Å². The van der Waals surface area contributed by atoms with Gasteiger partial charge in [-0.25, -0.2) is 4.90 Å². The molecule has 8 heteroatoms. The van der Waals surface area contributed by atoms with Crippen molar-refractivity contribution in [1.82, 2.24) is 0 Å². The van der Waals surface area contributed by atoms with Gasteiger partial charge >= 0.3 is 0 Å². The van der Waals surface area contributed by atoms with E-state index in [1.807, 2.05) is 0 Å². The third kappa shape index (κ3) is 2.79. The second-order valence-corrected chi connectivity index (χ2v) is 6.11. The van der Waals surface area contributed by atoms with Gasteiger partial charge < -0.3 is 0 Å². The summed E-state index contributed by atoms with van der Waals surface area (Å²) in [5.41, 5.74) is 1.12. The number of nitro benzene ring substituents is 1. The summed E-state index contributed by atoms with van der Waals surface area (Å²) in [6.07, 6.45) is 0. The minimum Gasteiger partial charge on any atom is -0.268 e. The molecule has 0 radical (unpaired) electrons. The van der Waals surface area contributed by atoms with E-state index < -0.39 is 16.7 Å². The van der Waals surface area contributed by atoms with Crippen LogP contribution in [0.5, 0.6) is 0 Å². The molecule has 0 unspecified atom stereocenters. The van der Waals surface area contributed by atoms with E-state index in [2.05, 4.69) is 0 Å². The molecule has 0 aromatic heterocycles. The zero-order valence-corrected chi connectivity index (χ0v) is 14.3. The lowest BCUT2D eigenvalue weighted by atomic mass is 10.1. The molecule has 2 aromatic rings. The Bertz CT molecular complexity index is 952. The summed E-state index contributed by atoms with van der Waals surface area (Å²) in [5, 5.41) is 10.9. The van der Waals surface area contributed by atoms with Crippen molar-refractivity contribution in [2.45, 2.75) is 6.92 Å². The van der Waals surface area contributed by atoms with Crippen LogP contribution in [0.4, 0.5) is 11.4 Å². The molecule has 2 aromatic carbocycles. The third-order valence-corrected chi connectivity index (χ3v) is 4.63. The van der Waals surface area contributed by atoms with E-state index in [0.717, 1.165) is 4.90 Å². The lowest BCUT2D eigenvalue weighted by molar-refractivity contribution is -0.384. The number of halogens is 2. The topological polar surface area (TPSA) is 80.5 Å². The fourth-order valence-corrected chi connectivity index (χ4v) is 3.00. The van der Waals surface area contributed by atoms with Gasteiger partial charge in [0.1, 0.15) is 5.03 Å². The Balaban J connectivity index is 2.05. The number of anilines is 1. The number of hydrogen-bond donors (Lipinski definition) is 0. The van der Waals surface area contributed by atoms with Crippen molar-refractivity contribution in [3.63, 3.8) is 0 Å². The van der Waals surface area contributed by atoms with E-state index in [1.54, 1.807) is 25.1 Å². The fraction of sp³-hybridized carbons (Fsp3) is 0.0588. The number of imide groups is 1. The molecular weight excluding hydrogens is 367 g/mol. The van der Waals surface area contributed by atoms with Crippen LogP contribution in [0.25, 0.3) is 5.57 Å². The van der Waals surface area contributed by atoms with E-state index in [0.29, 0.717) is 21.8 Å². The minimum absolute atomic E-state index is 0.000870. The molecule has 6 nitrogen and oxygen atoms in total. The molecule has 0 spiro atoms. The molecular formula is C17H10Cl2N2O4. The maximum Gasteiger partial charge on any atom is 0.277 e. The Morgan fingerprint density at radius 3 is 2.24 bits per heavy atom. The Labute approximate surface area is 152 Å². The first-order chi connectivity index (χ1) is 11.8. The molecule has 0 bridgehead atoms. The molecule has 1 heterocycles. The van der Waals surface area contributed by atoms with Crippen LogP contribution in [0.15, 0.2) is 47.5 Å². The number of nitrogens with zero attached hydrogens (tertiary/aromatic N) is 2. The number of hydrogen-bond acceptors (Lipinski definition) is 4. The molecule has 0 aliphatic carbocycles. The number of non-ortho nitro benzene ring substituents is 1. The van der Waals surface area contributed by atoms with Gasteiger partial charge in [0.05, 0.1) is 16.2 Å². The van der Waals surface area contributed by atoms with Gasteiger partial charge in [0.25, 0.3) is 17.5 Å². The lowest BCUT2D eigenvalue weighted by Gasteiger charge is -2.18. The van der Waals surface area contributed by atoms with Crippen molar-refractivity contribution in [1.29, 1.82) is 0 Å². The summed E-state index contributed by atoms with van der Waals surface area (Å²) < 4.78 is 0. The highest BCUT2D eigenvalue weighted by Gasteiger charge is 2.40. The van der Waals surface area contributed by atoms with Gasteiger partial charge in [-0.05, 0) is 42.3 Å². The summed E-state index contributed by atoms with van der Waals surface area (Å²) in [6, 6.07) is 10.1. The van der Waals surface area contributed by atoms with E-state index in [9.17, 15) is 19.7 Å². The second kappa shape index (κ2) is 6.31. The van der Waals surface area contributed by atoms with Crippen LogP contribution < -0.4 is 4.90 Å². The summed E-state index contributed by atoms with van der Waals surface area (Å²) in [6.45, 7) is 1.69. The summed E-state index contributed by atoms with van der Waals surface area (Å²) >= 11 is 12.2. The summed E-state index contributed by atoms with van der Waals surface area (Å²) in [4.78, 5) is 36.5. The number of carbonyl (C=O) groups excluding carboxylic acids is 2. The second-order valence-electron chi connectivity index (χ2n) is 5.32. The van der Waals surface area contributed by atoms with E-state index in [1.165, 1.54) is 24.3 Å². The number of benzene rings is 2. The highest BCUT2D eigenvalue weighted by atomic mass is 35.5. The monoisotopic (exact) mass is 376 g/mol. The standard InChI is InChI=1S/C17H10Cl2N2O4/c1-9-12(18)3-2-4-13(9)20-16(22)14(15(19)17(20)23)10-5-7-11(8-6-10)21(24)25/h2-8H,1H3. The Morgan fingerprint density at radius 2 is 1.64 bits per heavy atom. The normalized spacial score (nSPS) is 14.4. The van der Waals surface area contributed by atoms with Crippen molar-refractivity contribution in [3.05, 3.63) is 73.8 Å². The summed E-state index contributed by atoms with van der Waals surface area (Å²) in [7, 11) is 0. The van der Waals surface area contributed by atoms with Crippen LogP contribution in [-0.4, -0.2) is 16.7 Å². The maximum atomic E-state index is 12.8. The van der Waals surface area contributed by atoms with E-state index in [-0.39, 0.29) is 16.3 Å². The van der Waals surface area contributed by atoms with Crippen LogP contribution in [0.2, 0.25) is 5.02 Å². The molecule has 0 fully saturated rings.